The molecule has 10 heteroatoms. The first-order chi connectivity index (χ1) is 17.5. The maximum absolute atomic E-state index is 13.8. The molecule has 0 radical (unpaired) electrons. The van der Waals surface area contributed by atoms with E-state index in [2.05, 4.69) is 0 Å². The van der Waals surface area contributed by atoms with Gasteiger partial charge in [0.1, 0.15) is 46.5 Å². The summed E-state index contributed by atoms with van der Waals surface area (Å²) >= 11 is 0. The van der Waals surface area contributed by atoms with E-state index in [0.29, 0.717) is 22.6 Å². The Kier molecular flexibility index (Phi) is 6.15. The van der Waals surface area contributed by atoms with Crippen LogP contribution in [-0.4, -0.2) is 63.8 Å². The van der Waals surface area contributed by atoms with E-state index in [4.69, 9.17) is 23.4 Å². The molecule has 10 nitrogen and oxygen atoms in total. The first-order valence-electron chi connectivity index (χ1n) is 11.8. The SMILES string of the molecule is COc1ccc(-c2oc3c4c(cc(O)c3c(=O)c2OC2O[C@@H](C)[C@H](O)[C@@H](O)[C@H]2O)OC(C)(C)C=C4)cc1. The molecule has 1 aromatic heterocycles. The van der Waals surface area contributed by atoms with Crippen molar-refractivity contribution in [1.29, 1.82) is 0 Å². The third-order valence-corrected chi connectivity index (χ3v) is 6.52. The highest BCUT2D eigenvalue weighted by molar-refractivity contribution is 5.95. The van der Waals surface area contributed by atoms with E-state index in [1.54, 1.807) is 30.3 Å². The van der Waals surface area contributed by atoms with Crippen molar-refractivity contribution in [3.8, 4) is 34.3 Å². The van der Waals surface area contributed by atoms with Crippen LogP contribution in [0.1, 0.15) is 26.3 Å². The Morgan fingerprint density at radius 2 is 1.73 bits per heavy atom. The predicted octanol–water partition coefficient (Wildman–Crippen LogP) is 2.56. The molecule has 0 saturated carbocycles. The average molecular weight is 513 g/mol. The number of hydrogen-bond acceptors (Lipinski definition) is 10. The van der Waals surface area contributed by atoms with Crippen molar-refractivity contribution in [3.63, 3.8) is 0 Å². The molecule has 196 valence electrons. The van der Waals surface area contributed by atoms with Crippen molar-refractivity contribution in [3.05, 3.63) is 52.2 Å². The highest BCUT2D eigenvalue weighted by atomic mass is 16.7. The minimum atomic E-state index is -1.67. The summed E-state index contributed by atoms with van der Waals surface area (Å²) in [6.07, 6.45) is -3.42. The second-order valence-corrected chi connectivity index (χ2v) is 9.67. The molecule has 2 aromatic carbocycles. The molecule has 1 unspecified atom stereocenters. The number of rotatable bonds is 4. The third-order valence-electron chi connectivity index (χ3n) is 6.52. The lowest BCUT2D eigenvalue weighted by atomic mass is 9.99. The molecule has 2 aliphatic heterocycles. The van der Waals surface area contributed by atoms with E-state index in [0.717, 1.165) is 0 Å². The summed E-state index contributed by atoms with van der Waals surface area (Å²) in [4.78, 5) is 13.8. The number of methoxy groups -OCH3 is 1. The van der Waals surface area contributed by atoms with Crippen LogP contribution in [0.2, 0.25) is 0 Å². The fourth-order valence-corrected chi connectivity index (χ4v) is 4.44. The molecule has 37 heavy (non-hydrogen) atoms. The first kappa shape index (κ1) is 25.1. The van der Waals surface area contributed by atoms with Crippen molar-refractivity contribution < 1.29 is 43.8 Å². The van der Waals surface area contributed by atoms with E-state index in [1.165, 1.54) is 20.1 Å². The Labute approximate surface area is 211 Å². The molecule has 0 aliphatic carbocycles. The third kappa shape index (κ3) is 4.31. The Bertz CT molecular complexity index is 1420. The normalized spacial score (nSPS) is 26.4. The molecule has 0 bridgehead atoms. The van der Waals surface area contributed by atoms with Gasteiger partial charge >= 0.3 is 0 Å². The van der Waals surface area contributed by atoms with Gasteiger partial charge in [0, 0.05) is 11.6 Å². The number of phenolic OH excluding ortho intramolecular Hbond substituents is 1. The van der Waals surface area contributed by atoms with Crippen LogP contribution in [0.4, 0.5) is 0 Å². The molecule has 0 spiro atoms. The minimum Gasteiger partial charge on any atom is -0.507 e. The summed E-state index contributed by atoms with van der Waals surface area (Å²) < 4.78 is 28.8. The van der Waals surface area contributed by atoms with Gasteiger partial charge in [0.2, 0.25) is 17.5 Å². The number of phenols is 1. The van der Waals surface area contributed by atoms with Gasteiger partial charge in [0.15, 0.2) is 11.3 Å². The van der Waals surface area contributed by atoms with E-state index < -0.39 is 41.7 Å². The summed E-state index contributed by atoms with van der Waals surface area (Å²) in [5.74, 6) is 0.171. The van der Waals surface area contributed by atoms with Crippen molar-refractivity contribution in [2.45, 2.75) is 57.1 Å². The monoisotopic (exact) mass is 512 g/mol. The zero-order valence-electron chi connectivity index (χ0n) is 20.7. The lowest BCUT2D eigenvalue weighted by Gasteiger charge is -2.38. The smallest absolute Gasteiger partial charge is 0.239 e. The van der Waals surface area contributed by atoms with Gasteiger partial charge in [-0.15, -0.1) is 0 Å². The van der Waals surface area contributed by atoms with Crippen LogP contribution in [0.15, 0.2) is 45.6 Å². The summed E-state index contributed by atoms with van der Waals surface area (Å²) in [6, 6.07) is 7.98. The van der Waals surface area contributed by atoms with Crippen LogP contribution in [0, 0.1) is 0 Å². The highest BCUT2D eigenvalue weighted by Crippen LogP contribution is 2.43. The van der Waals surface area contributed by atoms with E-state index in [-0.39, 0.29) is 28.2 Å². The standard InChI is InChI=1S/C27H28O10/c1-12-19(29)21(31)22(32)26(34-12)36-25-20(30)18-16(28)11-17-15(9-10-27(2,3)37-17)24(18)35-23(25)13-5-7-14(33-4)8-6-13/h5-12,19,21-22,26,28-29,31-32H,1-4H3/t12-,19-,21+,22+,26?/m0/s1. The maximum Gasteiger partial charge on any atom is 0.239 e. The summed E-state index contributed by atoms with van der Waals surface area (Å²) in [7, 11) is 1.52. The Morgan fingerprint density at radius 1 is 1.03 bits per heavy atom. The van der Waals surface area contributed by atoms with Crippen molar-refractivity contribution in [2.75, 3.05) is 7.11 Å². The number of benzene rings is 2. The van der Waals surface area contributed by atoms with Gasteiger partial charge < -0.3 is 43.8 Å². The fraction of sp³-hybridized carbons (Fsp3) is 0.370. The van der Waals surface area contributed by atoms with Gasteiger partial charge in [-0.05, 0) is 57.2 Å². The van der Waals surface area contributed by atoms with Crippen LogP contribution >= 0.6 is 0 Å². The largest absolute Gasteiger partial charge is 0.507 e. The minimum absolute atomic E-state index is 0.00440. The molecular formula is C27H28O10. The molecule has 4 N–H and O–H groups in total. The number of hydrogen-bond donors (Lipinski definition) is 4. The van der Waals surface area contributed by atoms with Gasteiger partial charge in [-0.3, -0.25) is 4.79 Å². The lowest BCUT2D eigenvalue weighted by Crippen LogP contribution is -2.58. The molecule has 1 saturated heterocycles. The van der Waals surface area contributed by atoms with Gasteiger partial charge in [0.05, 0.1) is 18.8 Å². The average Bonchev–Trinajstić information content (AvgIpc) is 2.86. The number of aromatic hydroxyl groups is 1. The molecule has 5 atom stereocenters. The molecule has 2 aliphatic rings. The van der Waals surface area contributed by atoms with E-state index >= 15 is 0 Å². The van der Waals surface area contributed by atoms with Gasteiger partial charge in [-0.2, -0.15) is 0 Å². The second kappa shape index (κ2) is 9.07. The number of aliphatic hydroxyl groups is 3. The van der Waals surface area contributed by atoms with Gasteiger partial charge in [-0.1, -0.05) is 0 Å². The van der Waals surface area contributed by atoms with Crippen molar-refractivity contribution in [2.24, 2.45) is 0 Å². The molecule has 1 fully saturated rings. The lowest BCUT2D eigenvalue weighted by molar-refractivity contribution is -0.268. The van der Waals surface area contributed by atoms with Crippen LogP contribution in [0.3, 0.4) is 0 Å². The van der Waals surface area contributed by atoms with Crippen LogP contribution in [0.5, 0.6) is 23.0 Å². The predicted molar refractivity (Wildman–Crippen MR) is 133 cm³/mol. The molecule has 5 rings (SSSR count). The highest BCUT2D eigenvalue weighted by Gasteiger charge is 2.44. The number of ether oxygens (including phenoxy) is 4. The quantitative estimate of drug-likeness (QED) is 0.411. The molecule has 3 heterocycles. The molecule has 3 aromatic rings. The van der Waals surface area contributed by atoms with Crippen molar-refractivity contribution in [1.82, 2.24) is 0 Å². The fourth-order valence-electron chi connectivity index (χ4n) is 4.44. The number of fused-ring (bicyclic) bond motifs is 3. The zero-order valence-corrected chi connectivity index (χ0v) is 20.7. The summed E-state index contributed by atoms with van der Waals surface area (Å²) in [5.41, 5.74) is -0.377. The topological polar surface area (TPSA) is 148 Å². The Morgan fingerprint density at radius 3 is 2.41 bits per heavy atom. The van der Waals surface area contributed by atoms with Crippen LogP contribution in [-0.2, 0) is 4.74 Å². The zero-order chi connectivity index (χ0) is 26.6. The number of aliphatic hydroxyl groups excluding tert-OH is 3. The van der Waals surface area contributed by atoms with E-state index in [9.17, 15) is 25.2 Å². The Balaban J connectivity index is 1.73. The van der Waals surface area contributed by atoms with Crippen molar-refractivity contribution >= 4 is 17.0 Å². The summed E-state index contributed by atoms with van der Waals surface area (Å²) in [6.45, 7) is 5.20. The maximum atomic E-state index is 13.8. The second-order valence-electron chi connectivity index (χ2n) is 9.67. The van der Waals surface area contributed by atoms with E-state index in [1.807, 2.05) is 19.9 Å². The van der Waals surface area contributed by atoms with Gasteiger partial charge in [0.25, 0.3) is 0 Å². The molecular weight excluding hydrogens is 484 g/mol. The van der Waals surface area contributed by atoms with Gasteiger partial charge in [-0.25, -0.2) is 0 Å². The van der Waals surface area contributed by atoms with Crippen LogP contribution in [0.25, 0.3) is 28.4 Å². The molecule has 0 amide bonds. The summed E-state index contributed by atoms with van der Waals surface area (Å²) in [5, 5.41) is 41.4. The first-order valence-corrected chi connectivity index (χ1v) is 11.8. The Hall–Kier alpha value is -3.57. The van der Waals surface area contributed by atoms with Crippen LogP contribution < -0.4 is 19.6 Å².